The Morgan fingerprint density at radius 2 is 2.30 bits per heavy atom. The smallest absolute Gasteiger partial charge is 0.159 e. The minimum absolute atomic E-state index is 0.00784. The first-order chi connectivity index (χ1) is 19.1. The number of hydrogen-bond donors (Lipinski definition) is 1. The molecule has 2 aromatic carbocycles. The summed E-state index contributed by atoms with van der Waals surface area (Å²) < 4.78 is 82.8. The number of hydrogen-bond acceptors (Lipinski definition) is 6. The predicted molar refractivity (Wildman–Crippen MR) is 128 cm³/mol. The van der Waals surface area contributed by atoms with Gasteiger partial charge in [-0.15, -0.1) is 0 Å². The molecule has 0 saturated heterocycles. The number of pyridine rings is 1. The van der Waals surface area contributed by atoms with Crippen molar-refractivity contribution in [1.82, 2.24) is 9.88 Å². The van der Waals surface area contributed by atoms with Crippen molar-refractivity contribution in [3.63, 3.8) is 0 Å². The molecule has 0 atom stereocenters. The van der Waals surface area contributed by atoms with Crippen LogP contribution in [0.4, 0.5) is 15.8 Å². The Morgan fingerprint density at radius 1 is 1.48 bits per heavy atom. The summed E-state index contributed by atoms with van der Waals surface area (Å²) >= 11 is 0. The van der Waals surface area contributed by atoms with Gasteiger partial charge < -0.3 is 15.0 Å². The van der Waals surface area contributed by atoms with E-state index in [1.165, 1.54) is 32.3 Å². The zero-order valence-electron chi connectivity index (χ0n) is 26.4. The minimum atomic E-state index is -2.51. The maximum Gasteiger partial charge on any atom is 0.159 e. The maximum atomic E-state index is 14.3. The molecule has 6 nitrogen and oxygen atoms in total. The molecule has 0 amide bonds. The monoisotopic (exact) mass is 454 g/mol. The van der Waals surface area contributed by atoms with E-state index in [0.29, 0.717) is 5.52 Å². The Bertz CT molecular complexity index is 1570. The van der Waals surface area contributed by atoms with E-state index in [4.69, 9.17) is 15.7 Å². The molecule has 3 aromatic rings. The second kappa shape index (κ2) is 10.7. The molecule has 1 N–H and O–H groups in total. The van der Waals surface area contributed by atoms with E-state index in [1.54, 1.807) is 6.92 Å². The van der Waals surface area contributed by atoms with Crippen LogP contribution in [0, 0.1) is 24.1 Å². The van der Waals surface area contributed by atoms with Crippen LogP contribution in [-0.2, 0) is 11.2 Å². The molecule has 170 valence electrons. The SMILES string of the molecule is [2H]/C(CN(C)C([2H])([2H])[2H])=C(/[2H])C(=O)Cc1cc2c(Nc3c([2H])c([2H])c(F)c(C)c3[2H])c(C#N)cnc2cc1OCC. The van der Waals surface area contributed by atoms with Gasteiger partial charge in [-0.3, -0.25) is 9.78 Å². The molecule has 0 aliphatic heterocycles. The first-order valence-corrected chi connectivity index (χ1v) is 10.0. The number of ketones is 1. The van der Waals surface area contributed by atoms with Crippen LogP contribution in [-0.4, -0.2) is 42.8 Å². The summed E-state index contributed by atoms with van der Waals surface area (Å²) in [6.07, 6.45) is 0.856. The van der Waals surface area contributed by atoms with Gasteiger partial charge in [-0.05, 0) is 63.7 Å². The second-order valence-electron chi connectivity index (χ2n) is 7.14. The number of ether oxygens (including phenoxy) is 1. The third-order valence-electron chi connectivity index (χ3n) is 4.55. The molecule has 0 aliphatic rings. The number of benzene rings is 2. The first-order valence-electron chi connectivity index (χ1n) is 14.0. The van der Waals surface area contributed by atoms with Crippen LogP contribution < -0.4 is 10.1 Å². The molecule has 0 fully saturated rings. The molecule has 7 heteroatoms. The third kappa shape index (κ3) is 5.93. The predicted octanol–water partition coefficient (Wildman–Crippen LogP) is 4.93. The van der Waals surface area contributed by atoms with E-state index in [-0.39, 0.29) is 51.9 Å². The number of fused-ring (bicyclic) bond motifs is 1. The molecule has 0 saturated carbocycles. The Morgan fingerprint density at radius 3 is 3.03 bits per heavy atom. The molecule has 33 heavy (non-hydrogen) atoms. The van der Waals surface area contributed by atoms with Crippen molar-refractivity contribution in [1.29, 1.82) is 5.26 Å². The lowest BCUT2D eigenvalue weighted by Crippen LogP contribution is -2.11. The highest BCUT2D eigenvalue weighted by Crippen LogP contribution is 2.34. The van der Waals surface area contributed by atoms with Gasteiger partial charge in [0.05, 0.1) is 30.2 Å². The van der Waals surface area contributed by atoms with Gasteiger partial charge in [0.15, 0.2) is 5.78 Å². The largest absolute Gasteiger partial charge is 0.494 e. The fourth-order valence-corrected chi connectivity index (χ4v) is 3.06. The number of likely N-dealkylation sites (N-methyl/N-ethyl adjacent to an activating group) is 1. The van der Waals surface area contributed by atoms with Crippen LogP contribution >= 0.6 is 0 Å². The summed E-state index contributed by atoms with van der Waals surface area (Å²) in [6, 6.07) is 2.16. The lowest BCUT2D eigenvalue weighted by molar-refractivity contribution is -0.114. The van der Waals surface area contributed by atoms with E-state index < -0.39 is 55.7 Å². The molecular formula is C26H27FN4O2. The number of allylic oxidation sites excluding steroid dienone is 1. The molecule has 0 spiro atoms. The van der Waals surface area contributed by atoms with E-state index in [0.717, 1.165) is 4.90 Å². The number of nitriles is 1. The second-order valence-corrected chi connectivity index (χ2v) is 7.14. The summed E-state index contributed by atoms with van der Waals surface area (Å²) in [7, 11) is 1.25. The summed E-state index contributed by atoms with van der Waals surface area (Å²) in [4.78, 5) is 18.1. The highest BCUT2D eigenvalue weighted by molar-refractivity contribution is 5.98. The number of aromatic nitrogens is 1. The quantitative estimate of drug-likeness (QED) is 0.462. The van der Waals surface area contributed by atoms with E-state index in [9.17, 15) is 14.4 Å². The van der Waals surface area contributed by atoms with Crippen molar-refractivity contribution in [3.05, 3.63) is 71.1 Å². The van der Waals surface area contributed by atoms with Gasteiger partial charge in [0.25, 0.3) is 0 Å². The lowest BCUT2D eigenvalue weighted by Gasteiger charge is -2.15. The number of carbonyl (C=O) groups excluding carboxylic acids is 1. The molecule has 0 radical (unpaired) electrons. The Balaban J connectivity index is 2.15. The number of nitrogens with one attached hydrogen (secondary N) is 1. The van der Waals surface area contributed by atoms with Crippen molar-refractivity contribution in [2.75, 3.05) is 32.5 Å². The Kier molecular flexibility index (Phi) is 4.91. The van der Waals surface area contributed by atoms with Crippen LogP contribution in [0.2, 0.25) is 0 Å². The molecule has 1 heterocycles. The van der Waals surface area contributed by atoms with Crippen molar-refractivity contribution < 1.29 is 24.9 Å². The van der Waals surface area contributed by atoms with Crippen molar-refractivity contribution in [3.8, 4) is 11.8 Å². The number of rotatable bonds is 9. The van der Waals surface area contributed by atoms with Gasteiger partial charge in [-0.1, -0.05) is 6.05 Å². The average molecular weight is 455 g/mol. The highest BCUT2D eigenvalue weighted by Gasteiger charge is 2.16. The van der Waals surface area contributed by atoms with Crippen molar-refractivity contribution in [2.24, 2.45) is 0 Å². The van der Waals surface area contributed by atoms with Crippen LogP contribution in [0.3, 0.4) is 0 Å². The van der Waals surface area contributed by atoms with E-state index in [1.807, 2.05) is 6.07 Å². The molecular weight excluding hydrogens is 419 g/mol. The molecule has 3 rings (SSSR count). The normalized spacial score (nSPS) is 15.6. The van der Waals surface area contributed by atoms with Gasteiger partial charge in [-0.25, -0.2) is 4.39 Å². The van der Waals surface area contributed by atoms with Crippen molar-refractivity contribution >= 4 is 28.1 Å². The van der Waals surface area contributed by atoms with Crippen LogP contribution in [0.1, 0.15) is 34.6 Å². The summed E-state index contributed by atoms with van der Waals surface area (Å²) in [5.74, 6) is -1.52. The zero-order valence-corrected chi connectivity index (χ0v) is 18.4. The summed E-state index contributed by atoms with van der Waals surface area (Å²) in [6.45, 7) is 0.290. The standard InChI is InChI=1S/C26H27FN4O2/c1-5-33-25-14-24-22(13-18(25)12-21(32)7-6-10-31(3)4)26(19(15-28)16-29-24)30-20-8-9-23(27)17(2)11-20/h6-9,11,13-14,16H,5,10,12H2,1-4H3,(H,29,30)/b7-6+/i3D3,6D,7D,8D,9D,11D. The fraction of sp³-hybridized carbons (Fsp3) is 0.269. The number of anilines is 2. The third-order valence-corrected chi connectivity index (χ3v) is 4.55. The fourth-order valence-electron chi connectivity index (χ4n) is 3.06. The van der Waals surface area contributed by atoms with E-state index in [2.05, 4.69) is 10.3 Å². The van der Waals surface area contributed by atoms with Crippen LogP contribution in [0.15, 0.2) is 48.6 Å². The highest BCUT2D eigenvalue weighted by atomic mass is 19.1. The number of halogens is 1. The zero-order chi connectivity index (χ0) is 30.8. The lowest BCUT2D eigenvalue weighted by atomic mass is 10.0. The molecule has 0 aliphatic carbocycles. The molecule has 0 bridgehead atoms. The van der Waals surface area contributed by atoms with Crippen LogP contribution in [0.25, 0.3) is 10.9 Å². The first kappa shape index (κ1) is 15.1. The number of carbonyl (C=O) groups is 1. The molecule has 0 unspecified atom stereocenters. The van der Waals surface area contributed by atoms with Gasteiger partial charge in [0.1, 0.15) is 17.6 Å². The van der Waals surface area contributed by atoms with E-state index >= 15 is 0 Å². The van der Waals surface area contributed by atoms with Crippen molar-refractivity contribution in [2.45, 2.75) is 20.3 Å². The molecule has 1 aromatic heterocycles. The van der Waals surface area contributed by atoms with Gasteiger partial charge in [0, 0.05) is 46.0 Å². The van der Waals surface area contributed by atoms with Crippen LogP contribution in [0.5, 0.6) is 5.75 Å². The topological polar surface area (TPSA) is 78.3 Å². The Labute approximate surface area is 204 Å². The summed E-state index contributed by atoms with van der Waals surface area (Å²) in [5, 5.41) is 12.9. The maximum absolute atomic E-state index is 14.3. The van der Waals surface area contributed by atoms with Gasteiger partial charge in [0.2, 0.25) is 0 Å². The van der Waals surface area contributed by atoms with Gasteiger partial charge in [-0.2, -0.15) is 5.26 Å². The number of nitrogens with zero attached hydrogens (tertiary/aromatic N) is 3. The Hall–Kier alpha value is -3.76. The summed E-state index contributed by atoms with van der Waals surface area (Å²) in [5.41, 5.74) is 0.353. The van der Waals surface area contributed by atoms with Gasteiger partial charge >= 0.3 is 0 Å². The minimum Gasteiger partial charge on any atom is -0.494 e. The average Bonchev–Trinajstić information content (AvgIpc) is 2.92.